The van der Waals surface area contributed by atoms with E-state index in [0.29, 0.717) is 10.0 Å². The van der Waals surface area contributed by atoms with Gasteiger partial charge in [-0.25, -0.2) is 4.98 Å². The largest absolute Gasteiger partial charge is 0.326 e. The average Bonchev–Trinajstić information content (AvgIpc) is 3.36. The molecule has 1 atom stereocenters. The van der Waals surface area contributed by atoms with Crippen LogP contribution in [0.4, 0.5) is 5.13 Å². The lowest BCUT2D eigenvalue weighted by atomic mass is 10.1. The second-order valence-corrected chi connectivity index (χ2v) is 8.96. The maximum Gasteiger partial charge on any atom is 0.226 e. The first-order chi connectivity index (χ1) is 13.7. The Morgan fingerprint density at radius 2 is 1.96 bits per heavy atom. The molecule has 1 aromatic carbocycles. The third kappa shape index (κ3) is 4.73. The molecule has 7 heteroatoms. The summed E-state index contributed by atoms with van der Waals surface area (Å²) < 4.78 is 0. The van der Waals surface area contributed by atoms with Gasteiger partial charge >= 0.3 is 0 Å². The summed E-state index contributed by atoms with van der Waals surface area (Å²) in [6.45, 7) is 2.99. The first kappa shape index (κ1) is 19.0. The van der Waals surface area contributed by atoms with Gasteiger partial charge in [0.25, 0.3) is 0 Å². The molecule has 0 spiro atoms. The van der Waals surface area contributed by atoms with E-state index < -0.39 is 0 Å². The van der Waals surface area contributed by atoms with Gasteiger partial charge in [-0.1, -0.05) is 47.7 Å². The van der Waals surface area contributed by atoms with Crippen molar-refractivity contribution in [2.45, 2.75) is 32.4 Å². The standard InChI is InChI=1S/C21H21N3O2S2/c25-17(18-7-4-12-27-18)8-9-20(26)23-21-22-16-10-11-24(14-19(16)28-21)13-15-5-2-1-3-6-15/h1-7,12H,8-11,13-14H2,(H,22,23,26)/p+1. The minimum absolute atomic E-state index is 0.0173. The van der Waals surface area contributed by atoms with Crippen molar-refractivity contribution in [3.05, 3.63) is 68.9 Å². The van der Waals surface area contributed by atoms with Crippen LogP contribution in [0.3, 0.4) is 0 Å². The number of benzene rings is 1. The van der Waals surface area contributed by atoms with Gasteiger partial charge in [-0.05, 0) is 11.4 Å². The number of rotatable bonds is 7. The highest BCUT2D eigenvalue weighted by molar-refractivity contribution is 7.15. The number of thiazole rings is 1. The van der Waals surface area contributed by atoms with Crippen molar-refractivity contribution in [3.63, 3.8) is 0 Å². The lowest BCUT2D eigenvalue weighted by Gasteiger charge is -2.22. The molecule has 2 aromatic heterocycles. The smallest absolute Gasteiger partial charge is 0.226 e. The zero-order chi connectivity index (χ0) is 19.3. The van der Waals surface area contributed by atoms with Crippen LogP contribution in [0.5, 0.6) is 0 Å². The maximum absolute atomic E-state index is 12.2. The highest BCUT2D eigenvalue weighted by atomic mass is 32.1. The molecule has 1 amide bonds. The number of quaternary nitrogens is 1. The highest BCUT2D eigenvalue weighted by Crippen LogP contribution is 2.24. The number of fused-ring (bicyclic) bond motifs is 1. The van der Waals surface area contributed by atoms with Gasteiger partial charge in [-0.3, -0.25) is 9.59 Å². The van der Waals surface area contributed by atoms with E-state index in [1.54, 1.807) is 17.4 Å². The van der Waals surface area contributed by atoms with E-state index in [1.807, 2.05) is 17.5 Å². The number of ketones is 1. The fraction of sp³-hybridized carbons (Fsp3) is 0.286. The molecule has 1 unspecified atom stereocenters. The van der Waals surface area contributed by atoms with Gasteiger partial charge in [0.2, 0.25) is 5.91 Å². The van der Waals surface area contributed by atoms with Crippen molar-refractivity contribution in [1.29, 1.82) is 0 Å². The van der Waals surface area contributed by atoms with Crippen LogP contribution in [0.2, 0.25) is 0 Å². The van der Waals surface area contributed by atoms with Crippen molar-refractivity contribution in [2.75, 3.05) is 11.9 Å². The van der Waals surface area contributed by atoms with Gasteiger partial charge in [0.05, 0.1) is 22.0 Å². The predicted octanol–water partition coefficient (Wildman–Crippen LogP) is 2.95. The molecule has 0 saturated carbocycles. The summed E-state index contributed by atoms with van der Waals surface area (Å²) in [6.07, 6.45) is 1.35. The van der Waals surface area contributed by atoms with E-state index in [1.165, 1.54) is 26.7 Å². The van der Waals surface area contributed by atoms with Gasteiger partial charge in [0.1, 0.15) is 13.1 Å². The molecule has 0 radical (unpaired) electrons. The third-order valence-corrected chi connectivity index (χ3v) is 6.75. The Bertz CT molecular complexity index is 951. The summed E-state index contributed by atoms with van der Waals surface area (Å²) in [6, 6.07) is 14.2. The lowest BCUT2D eigenvalue weighted by molar-refractivity contribution is -0.929. The zero-order valence-electron chi connectivity index (χ0n) is 15.4. The molecule has 0 saturated heterocycles. The molecule has 0 fully saturated rings. The van der Waals surface area contributed by atoms with Crippen molar-refractivity contribution in [2.24, 2.45) is 0 Å². The van der Waals surface area contributed by atoms with E-state index in [0.717, 1.165) is 31.7 Å². The molecule has 3 aromatic rings. The summed E-state index contributed by atoms with van der Waals surface area (Å²) >= 11 is 2.97. The normalized spacial score (nSPS) is 15.8. The first-order valence-corrected chi connectivity index (χ1v) is 11.1. The molecule has 144 valence electrons. The minimum atomic E-state index is -0.149. The van der Waals surface area contributed by atoms with Crippen LogP contribution < -0.4 is 10.2 Å². The Morgan fingerprint density at radius 3 is 2.75 bits per heavy atom. The van der Waals surface area contributed by atoms with E-state index in [9.17, 15) is 9.59 Å². The van der Waals surface area contributed by atoms with Gasteiger partial charge in [-0.15, -0.1) is 11.3 Å². The van der Waals surface area contributed by atoms with Crippen LogP contribution in [0, 0.1) is 0 Å². The van der Waals surface area contributed by atoms with E-state index >= 15 is 0 Å². The van der Waals surface area contributed by atoms with Crippen molar-refractivity contribution < 1.29 is 14.5 Å². The quantitative estimate of drug-likeness (QED) is 0.587. The number of nitrogens with one attached hydrogen (secondary N) is 2. The number of hydrogen-bond acceptors (Lipinski definition) is 5. The van der Waals surface area contributed by atoms with Crippen LogP contribution in [-0.2, 0) is 24.3 Å². The number of carbonyl (C=O) groups is 2. The first-order valence-electron chi connectivity index (χ1n) is 9.40. The summed E-state index contributed by atoms with van der Waals surface area (Å²) in [5.74, 6) is -0.131. The van der Waals surface area contributed by atoms with Crippen molar-refractivity contribution in [3.8, 4) is 0 Å². The molecular weight excluding hydrogens is 390 g/mol. The number of aromatic nitrogens is 1. The van der Waals surface area contributed by atoms with E-state index in [-0.39, 0.29) is 24.5 Å². The van der Waals surface area contributed by atoms with Crippen LogP contribution in [0.1, 0.15) is 38.6 Å². The molecule has 2 N–H and O–H groups in total. The van der Waals surface area contributed by atoms with E-state index in [4.69, 9.17) is 0 Å². The minimum Gasteiger partial charge on any atom is -0.326 e. The van der Waals surface area contributed by atoms with E-state index in [2.05, 4.69) is 34.6 Å². The maximum atomic E-state index is 12.2. The molecule has 3 heterocycles. The molecule has 4 rings (SSSR count). The Balaban J connectivity index is 1.30. The second-order valence-electron chi connectivity index (χ2n) is 6.93. The topological polar surface area (TPSA) is 63.5 Å². The van der Waals surface area contributed by atoms with Crippen LogP contribution in [0.25, 0.3) is 0 Å². The molecule has 0 aliphatic carbocycles. The summed E-state index contributed by atoms with van der Waals surface area (Å²) in [7, 11) is 0. The Labute approximate surface area is 172 Å². The summed E-state index contributed by atoms with van der Waals surface area (Å²) in [4.78, 5) is 32.3. The molecule has 5 nitrogen and oxygen atoms in total. The average molecular weight is 413 g/mol. The monoisotopic (exact) mass is 412 g/mol. The second kappa shape index (κ2) is 8.77. The predicted molar refractivity (Wildman–Crippen MR) is 112 cm³/mol. The van der Waals surface area contributed by atoms with Crippen molar-refractivity contribution in [1.82, 2.24) is 4.98 Å². The van der Waals surface area contributed by atoms with Crippen LogP contribution in [0.15, 0.2) is 47.8 Å². The Kier molecular flexibility index (Phi) is 5.95. The number of Topliss-reactive ketones (excluding diaryl/α,β-unsaturated/α-hetero) is 1. The third-order valence-electron chi connectivity index (χ3n) is 4.82. The molecule has 1 aliphatic heterocycles. The fourth-order valence-corrected chi connectivity index (χ4v) is 5.18. The SMILES string of the molecule is O=C(CCC(=O)c1cccs1)Nc1nc2c(s1)C[NH+](Cc1ccccc1)CC2. The Morgan fingerprint density at radius 1 is 1.11 bits per heavy atom. The number of amides is 1. The zero-order valence-corrected chi connectivity index (χ0v) is 17.1. The van der Waals surface area contributed by atoms with Crippen molar-refractivity contribution >= 4 is 39.5 Å². The number of nitrogens with zero attached hydrogens (tertiary/aromatic N) is 1. The number of anilines is 1. The number of hydrogen-bond donors (Lipinski definition) is 2. The van der Waals surface area contributed by atoms with Gasteiger partial charge in [0, 0.05) is 24.8 Å². The number of thiophene rings is 1. The molecule has 1 aliphatic rings. The molecular formula is C21H22N3O2S2+. The summed E-state index contributed by atoms with van der Waals surface area (Å²) in [5.41, 5.74) is 2.45. The van der Waals surface area contributed by atoms with Gasteiger partial charge in [-0.2, -0.15) is 0 Å². The molecule has 0 bridgehead atoms. The highest BCUT2D eigenvalue weighted by Gasteiger charge is 2.24. The van der Waals surface area contributed by atoms with Crippen LogP contribution >= 0.6 is 22.7 Å². The lowest BCUT2D eigenvalue weighted by Crippen LogP contribution is -3.10. The summed E-state index contributed by atoms with van der Waals surface area (Å²) in [5, 5.41) is 5.40. The van der Waals surface area contributed by atoms with Gasteiger partial charge < -0.3 is 10.2 Å². The fourth-order valence-electron chi connectivity index (χ4n) is 3.39. The number of carbonyl (C=O) groups excluding carboxylic acids is 2. The molecule has 28 heavy (non-hydrogen) atoms. The van der Waals surface area contributed by atoms with Gasteiger partial charge in [0.15, 0.2) is 10.9 Å². The Hall–Kier alpha value is -2.35. The van der Waals surface area contributed by atoms with Crippen LogP contribution in [-0.4, -0.2) is 23.2 Å².